The molecule has 1 amide bonds. The number of ether oxygens (including phenoxy) is 3. The second-order valence-corrected chi connectivity index (χ2v) is 8.19. The van der Waals surface area contributed by atoms with Crippen LogP contribution < -0.4 is 19.5 Å². The summed E-state index contributed by atoms with van der Waals surface area (Å²) in [6, 6.07) is 22.2. The minimum absolute atomic E-state index is 0.193. The molecule has 0 heterocycles. The molecule has 0 aliphatic heterocycles. The number of carbonyl (C=O) groups is 1. The standard InChI is InChI=1S/C25H26BrNO4/c1-18(2)17-31-24-13-8-19(16-23(24)26)25(28)27-20-9-11-22(12-10-20)30-15-14-29-21-6-4-3-5-7-21/h3-13,16,18H,14-15,17H2,1-2H3,(H,27,28). The van der Waals surface area contributed by atoms with Gasteiger partial charge in [0.1, 0.15) is 30.5 Å². The van der Waals surface area contributed by atoms with Crippen LogP contribution in [0.25, 0.3) is 0 Å². The zero-order chi connectivity index (χ0) is 22.1. The Bertz CT molecular complexity index is 975. The zero-order valence-corrected chi connectivity index (χ0v) is 19.2. The van der Waals surface area contributed by atoms with Crippen molar-refractivity contribution in [3.8, 4) is 17.2 Å². The second kappa shape index (κ2) is 11.4. The van der Waals surface area contributed by atoms with E-state index in [1.54, 1.807) is 30.3 Å². The molecule has 6 heteroatoms. The molecule has 3 aromatic carbocycles. The summed E-state index contributed by atoms with van der Waals surface area (Å²) >= 11 is 3.47. The second-order valence-electron chi connectivity index (χ2n) is 7.34. The van der Waals surface area contributed by atoms with Gasteiger partial charge in [0.05, 0.1) is 11.1 Å². The fraction of sp³-hybridized carbons (Fsp3) is 0.240. The van der Waals surface area contributed by atoms with Crippen LogP contribution >= 0.6 is 15.9 Å². The predicted molar refractivity (Wildman–Crippen MR) is 126 cm³/mol. The van der Waals surface area contributed by atoms with Gasteiger partial charge >= 0.3 is 0 Å². The highest BCUT2D eigenvalue weighted by Crippen LogP contribution is 2.27. The van der Waals surface area contributed by atoms with Crippen molar-refractivity contribution >= 4 is 27.5 Å². The van der Waals surface area contributed by atoms with Gasteiger partial charge in [-0.25, -0.2) is 0 Å². The smallest absolute Gasteiger partial charge is 0.255 e. The Hall–Kier alpha value is -2.99. The molecule has 0 spiro atoms. The van der Waals surface area contributed by atoms with Gasteiger partial charge in [-0.05, 0) is 76.4 Å². The Morgan fingerprint density at radius 2 is 1.52 bits per heavy atom. The molecule has 0 unspecified atom stereocenters. The molecule has 0 fully saturated rings. The first kappa shape index (κ1) is 22.7. The molecule has 0 atom stereocenters. The van der Waals surface area contributed by atoms with Gasteiger partial charge in [0.15, 0.2) is 0 Å². The molecule has 0 bridgehead atoms. The van der Waals surface area contributed by atoms with E-state index >= 15 is 0 Å². The molecule has 1 N–H and O–H groups in total. The van der Waals surface area contributed by atoms with Gasteiger partial charge in [-0.3, -0.25) is 4.79 Å². The van der Waals surface area contributed by atoms with E-state index in [1.807, 2.05) is 42.5 Å². The van der Waals surface area contributed by atoms with Crippen LogP contribution in [0.2, 0.25) is 0 Å². The largest absolute Gasteiger partial charge is 0.492 e. The van der Waals surface area contributed by atoms with Crippen molar-refractivity contribution < 1.29 is 19.0 Å². The highest BCUT2D eigenvalue weighted by molar-refractivity contribution is 9.10. The Kier molecular flexibility index (Phi) is 8.35. The summed E-state index contributed by atoms with van der Waals surface area (Å²) in [6.45, 7) is 5.68. The lowest BCUT2D eigenvalue weighted by molar-refractivity contribution is 0.102. The van der Waals surface area contributed by atoms with Crippen molar-refractivity contribution in [3.63, 3.8) is 0 Å². The van der Waals surface area contributed by atoms with Crippen LogP contribution in [0.3, 0.4) is 0 Å². The van der Waals surface area contributed by atoms with Gasteiger partial charge in [-0.2, -0.15) is 0 Å². The number of para-hydroxylation sites is 1. The molecule has 31 heavy (non-hydrogen) atoms. The number of hydrogen-bond donors (Lipinski definition) is 1. The Morgan fingerprint density at radius 3 is 2.13 bits per heavy atom. The van der Waals surface area contributed by atoms with Crippen molar-refractivity contribution in [3.05, 3.63) is 82.8 Å². The molecule has 3 rings (SSSR count). The monoisotopic (exact) mass is 483 g/mol. The van der Waals surface area contributed by atoms with Crippen molar-refractivity contribution in [1.29, 1.82) is 0 Å². The lowest BCUT2D eigenvalue weighted by Gasteiger charge is -2.12. The number of rotatable bonds is 10. The predicted octanol–water partition coefficient (Wildman–Crippen LogP) is 6.19. The average molecular weight is 484 g/mol. The van der Waals surface area contributed by atoms with Crippen molar-refractivity contribution in [2.75, 3.05) is 25.1 Å². The van der Waals surface area contributed by atoms with Crippen LogP contribution in [0, 0.1) is 5.92 Å². The van der Waals surface area contributed by atoms with E-state index in [4.69, 9.17) is 14.2 Å². The highest BCUT2D eigenvalue weighted by atomic mass is 79.9. The molecule has 162 valence electrons. The molecule has 0 saturated heterocycles. The van der Waals surface area contributed by atoms with Crippen molar-refractivity contribution in [2.24, 2.45) is 5.92 Å². The fourth-order valence-corrected chi connectivity index (χ4v) is 3.18. The Balaban J connectivity index is 1.47. The van der Waals surface area contributed by atoms with Crippen LogP contribution in [-0.2, 0) is 0 Å². The molecule has 0 aromatic heterocycles. The fourth-order valence-electron chi connectivity index (χ4n) is 2.69. The topological polar surface area (TPSA) is 56.8 Å². The summed E-state index contributed by atoms with van der Waals surface area (Å²) in [5.74, 6) is 2.49. The summed E-state index contributed by atoms with van der Waals surface area (Å²) in [5, 5.41) is 2.89. The Labute approximate surface area is 191 Å². The first-order valence-corrected chi connectivity index (χ1v) is 10.9. The third kappa shape index (κ3) is 7.33. The highest BCUT2D eigenvalue weighted by Gasteiger charge is 2.10. The number of halogens is 1. The molecule has 0 aliphatic rings. The first-order chi connectivity index (χ1) is 15.0. The molecular formula is C25H26BrNO4. The van der Waals surface area contributed by atoms with E-state index in [0.29, 0.717) is 42.7 Å². The van der Waals surface area contributed by atoms with E-state index in [0.717, 1.165) is 16.0 Å². The number of nitrogens with one attached hydrogen (secondary N) is 1. The van der Waals surface area contributed by atoms with Crippen LogP contribution in [0.15, 0.2) is 77.3 Å². The molecule has 0 radical (unpaired) electrons. The minimum Gasteiger partial charge on any atom is -0.492 e. The zero-order valence-electron chi connectivity index (χ0n) is 17.6. The average Bonchev–Trinajstić information content (AvgIpc) is 2.77. The van der Waals surface area contributed by atoms with Crippen molar-refractivity contribution in [2.45, 2.75) is 13.8 Å². The van der Waals surface area contributed by atoms with Crippen LogP contribution in [0.4, 0.5) is 5.69 Å². The number of hydrogen-bond acceptors (Lipinski definition) is 4. The number of amides is 1. The molecule has 5 nitrogen and oxygen atoms in total. The quantitative estimate of drug-likeness (QED) is 0.349. The first-order valence-electron chi connectivity index (χ1n) is 10.2. The van der Waals surface area contributed by atoms with E-state index in [-0.39, 0.29) is 5.91 Å². The minimum atomic E-state index is -0.193. The van der Waals surface area contributed by atoms with E-state index in [2.05, 4.69) is 35.1 Å². The van der Waals surface area contributed by atoms with Crippen LogP contribution in [-0.4, -0.2) is 25.7 Å². The maximum Gasteiger partial charge on any atom is 0.255 e. The number of benzene rings is 3. The van der Waals surface area contributed by atoms with Gasteiger partial charge < -0.3 is 19.5 Å². The SMILES string of the molecule is CC(C)COc1ccc(C(=O)Nc2ccc(OCCOc3ccccc3)cc2)cc1Br. The van der Waals surface area contributed by atoms with Crippen LogP contribution in [0.5, 0.6) is 17.2 Å². The van der Waals surface area contributed by atoms with Gasteiger partial charge in [0, 0.05) is 11.3 Å². The summed E-state index contributed by atoms with van der Waals surface area (Å²) in [5.41, 5.74) is 1.23. The third-order valence-corrected chi connectivity index (χ3v) is 4.86. The number of carbonyl (C=O) groups excluding carboxylic acids is 1. The Morgan fingerprint density at radius 1 is 0.871 bits per heavy atom. The molecular weight excluding hydrogens is 458 g/mol. The van der Waals surface area contributed by atoms with E-state index in [1.165, 1.54) is 0 Å². The number of anilines is 1. The van der Waals surface area contributed by atoms with Gasteiger partial charge in [-0.1, -0.05) is 32.0 Å². The maximum absolute atomic E-state index is 12.6. The summed E-state index contributed by atoms with van der Waals surface area (Å²) in [7, 11) is 0. The summed E-state index contributed by atoms with van der Waals surface area (Å²) in [4.78, 5) is 12.6. The van der Waals surface area contributed by atoms with Gasteiger partial charge in [0.2, 0.25) is 0 Å². The van der Waals surface area contributed by atoms with Crippen LogP contribution in [0.1, 0.15) is 24.2 Å². The summed E-state index contributed by atoms with van der Waals surface area (Å²) < 4.78 is 17.8. The molecule has 0 saturated carbocycles. The summed E-state index contributed by atoms with van der Waals surface area (Å²) in [6.07, 6.45) is 0. The molecule has 3 aromatic rings. The molecule has 0 aliphatic carbocycles. The van der Waals surface area contributed by atoms with Gasteiger partial charge in [-0.15, -0.1) is 0 Å². The van der Waals surface area contributed by atoms with Gasteiger partial charge in [0.25, 0.3) is 5.91 Å². The normalized spacial score (nSPS) is 10.6. The third-order valence-electron chi connectivity index (χ3n) is 4.24. The van der Waals surface area contributed by atoms with Crippen molar-refractivity contribution in [1.82, 2.24) is 0 Å². The van der Waals surface area contributed by atoms with E-state index < -0.39 is 0 Å². The maximum atomic E-state index is 12.6. The lowest BCUT2D eigenvalue weighted by Crippen LogP contribution is -2.12. The van der Waals surface area contributed by atoms with E-state index in [9.17, 15) is 4.79 Å². The lowest BCUT2D eigenvalue weighted by atomic mass is 10.2.